The van der Waals surface area contributed by atoms with Crippen molar-refractivity contribution in [2.75, 3.05) is 33.2 Å². The van der Waals surface area contributed by atoms with Crippen molar-refractivity contribution >= 4 is 5.91 Å². The molecule has 0 atom stereocenters. The maximum Gasteiger partial charge on any atom is 0.256 e. The molecule has 1 fully saturated rings. The smallest absolute Gasteiger partial charge is 0.256 e. The fourth-order valence-electron chi connectivity index (χ4n) is 2.24. The highest BCUT2D eigenvalue weighted by atomic mass is 19.1. The molecule has 104 valence electrons. The van der Waals surface area contributed by atoms with Crippen LogP contribution in [0.25, 0.3) is 0 Å². The third-order valence-electron chi connectivity index (χ3n) is 3.68. The normalized spacial score (nSPS) is 17.0. The summed E-state index contributed by atoms with van der Waals surface area (Å²) in [6, 6.07) is 4.94. The summed E-state index contributed by atoms with van der Waals surface area (Å²) < 4.78 is 14.0. The van der Waals surface area contributed by atoms with Gasteiger partial charge in [-0.2, -0.15) is 0 Å². The van der Waals surface area contributed by atoms with Gasteiger partial charge in [-0.15, -0.1) is 0 Å². The molecule has 0 spiro atoms. The van der Waals surface area contributed by atoms with E-state index in [9.17, 15) is 9.18 Å². The van der Waals surface area contributed by atoms with E-state index in [1.54, 1.807) is 11.0 Å². The fourth-order valence-corrected chi connectivity index (χ4v) is 2.24. The number of benzene rings is 1. The van der Waals surface area contributed by atoms with Gasteiger partial charge in [-0.1, -0.05) is 19.9 Å². The van der Waals surface area contributed by atoms with E-state index in [1.807, 2.05) is 27.0 Å². The summed E-state index contributed by atoms with van der Waals surface area (Å²) in [6.07, 6.45) is 0. The van der Waals surface area contributed by atoms with E-state index in [4.69, 9.17) is 0 Å². The lowest BCUT2D eigenvalue weighted by molar-refractivity contribution is 0.0659. The second-order valence-electron chi connectivity index (χ2n) is 5.49. The van der Waals surface area contributed by atoms with Crippen molar-refractivity contribution in [1.29, 1.82) is 0 Å². The van der Waals surface area contributed by atoms with Gasteiger partial charge in [0, 0.05) is 26.2 Å². The Bertz CT molecular complexity index is 465. The summed E-state index contributed by atoms with van der Waals surface area (Å²) in [5.74, 6) is -0.335. The monoisotopic (exact) mass is 264 g/mol. The minimum atomic E-state index is -0.407. The second-order valence-corrected chi connectivity index (χ2v) is 5.49. The number of nitrogens with zero attached hydrogens (tertiary/aromatic N) is 2. The predicted octanol–water partition coefficient (Wildman–Crippen LogP) is 2.34. The van der Waals surface area contributed by atoms with Gasteiger partial charge in [0.25, 0.3) is 5.91 Å². The highest BCUT2D eigenvalue weighted by molar-refractivity contribution is 5.94. The van der Waals surface area contributed by atoms with Gasteiger partial charge in [0.05, 0.1) is 5.56 Å². The van der Waals surface area contributed by atoms with Crippen molar-refractivity contribution in [3.63, 3.8) is 0 Å². The molecule has 1 amide bonds. The first-order chi connectivity index (χ1) is 8.99. The molecular weight excluding hydrogens is 243 g/mol. The molecule has 1 saturated heterocycles. The Kier molecular flexibility index (Phi) is 4.20. The van der Waals surface area contributed by atoms with E-state index < -0.39 is 5.82 Å². The van der Waals surface area contributed by atoms with Crippen LogP contribution in [0.1, 0.15) is 35.7 Å². The van der Waals surface area contributed by atoms with Gasteiger partial charge in [-0.05, 0) is 30.7 Å². The highest BCUT2D eigenvalue weighted by Gasteiger charge is 2.22. The number of rotatable bonds is 2. The van der Waals surface area contributed by atoms with Gasteiger partial charge in [-0.3, -0.25) is 4.79 Å². The summed E-state index contributed by atoms with van der Waals surface area (Å²) in [7, 11) is 2.03. The van der Waals surface area contributed by atoms with Crippen LogP contribution in [0, 0.1) is 5.82 Å². The molecule has 0 N–H and O–H groups in total. The molecule has 1 aliphatic heterocycles. The number of carbonyl (C=O) groups is 1. The summed E-state index contributed by atoms with van der Waals surface area (Å²) in [4.78, 5) is 16.2. The summed E-state index contributed by atoms with van der Waals surface area (Å²) in [6.45, 7) is 7.05. The molecule has 0 aliphatic carbocycles. The molecular formula is C15H21FN2O. The number of piperazine rings is 1. The first kappa shape index (κ1) is 14.0. The predicted molar refractivity (Wildman–Crippen MR) is 73.9 cm³/mol. The zero-order valence-electron chi connectivity index (χ0n) is 11.8. The van der Waals surface area contributed by atoms with Crippen molar-refractivity contribution < 1.29 is 9.18 Å². The molecule has 0 radical (unpaired) electrons. The Hall–Kier alpha value is -1.42. The zero-order chi connectivity index (χ0) is 14.0. The second kappa shape index (κ2) is 5.70. The fraction of sp³-hybridized carbons (Fsp3) is 0.533. The summed E-state index contributed by atoms with van der Waals surface area (Å²) in [5.41, 5.74) is 1.11. The number of carbonyl (C=O) groups excluding carboxylic acids is 1. The largest absolute Gasteiger partial charge is 0.336 e. The topological polar surface area (TPSA) is 23.6 Å². The standard InChI is InChI=1S/C15H21FN2O/c1-11(2)12-4-5-13(14(16)10-12)15(19)18-8-6-17(3)7-9-18/h4-5,10-11H,6-9H2,1-3H3. The van der Waals surface area contributed by atoms with E-state index in [0.717, 1.165) is 18.7 Å². The van der Waals surface area contributed by atoms with Crippen LogP contribution >= 0.6 is 0 Å². The number of halogens is 1. The Morgan fingerprint density at radius 2 is 1.84 bits per heavy atom. The zero-order valence-corrected chi connectivity index (χ0v) is 11.8. The van der Waals surface area contributed by atoms with E-state index in [1.165, 1.54) is 6.07 Å². The molecule has 1 aromatic carbocycles. The van der Waals surface area contributed by atoms with Crippen LogP contribution in [0.3, 0.4) is 0 Å². The lowest BCUT2D eigenvalue weighted by Gasteiger charge is -2.32. The van der Waals surface area contributed by atoms with Crippen molar-refractivity contribution in [3.8, 4) is 0 Å². The Morgan fingerprint density at radius 3 is 2.37 bits per heavy atom. The van der Waals surface area contributed by atoms with Crippen molar-refractivity contribution in [1.82, 2.24) is 9.80 Å². The summed E-state index contributed by atoms with van der Waals surface area (Å²) >= 11 is 0. The van der Waals surface area contributed by atoms with E-state index in [0.29, 0.717) is 13.1 Å². The number of hydrogen-bond acceptors (Lipinski definition) is 2. The molecule has 0 aromatic heterocycles. The van der Waals surface area contributed by atoms with Gasteiger partial charge in [0.15, 0.2) is 0 Å². The third kappa shape index (κ3) is 3.13. The van der Waals surface area contributed by atoms with Crippen LogP contribution < -0.4 is 0 Å². The van der Waals surface area contributed by atoms with E-state index >= 15 is 0 Å². The molecule has 0 bridgehead atoms. The van der Waals surface area contributed by atoms with Gasteiger partial charge in [0.2, 0.25) is 0 Å². The van der Waals surface area contributed by atoms with Gasteiger partial charge >= 0.3 is 0 Å². The average molecular weight is 264 g/mol. The van der Waals surface area contributed by atoms with Gasteiger partial charge in [0.1, 0.15) is 5.82 Å². The molecule has 3 nitrogen and oxygen atoms in total. The molecule has 1 aliphatic rings. The highest BCUT2D eigenvalue weighted by Crippen LogP contribution is 2.19. The maximum absolute atomic E-state index is 14.0. The Morgan fingerprint density at radius 1 is 1.21 bits per heavy atom. The first-order valence-corrected chi connectivity index (χ1v) is 6.76. The van der Waals surface area contributed by atoms with Crippen molar-refractivity contribution in [3.05, 3.63) is 35.1 Å². The van der Waals surface area contributed by atoms with Crippen LogP contribution in [-0.4, -0.2) is 48.9 Å². The quantitative estimate of drug-likeness (QED) is 0.818. The average Bonchev–Trinajstić information content (AvgIpc) is 2.38. The van der Waals surface area contributed by atoms with Crippen LogP contribution in [-0.2, 0) is 0 Å². The molecule has 4 heteroatoms. The number of likely N-dealkylation sites (N-methyl/N-ethyl adjacent to an activating group) is 1. The Balaban J connectivity index is 2.15. The van der Waals surface area contributed by atoms with Crippen LogP contribution in [0.2, 0.25) is 0 Å². The van der Waals surface area contributed by atoms with Crippen molar-refractivity contribution in [2.24, 2.45) is 0 Å². The van der Waals surface area contributed by atoms with E-state index in [2.05, 4.69) is 4.90 Å². The van der Waals surface area contributed by atoms with E-state index in [-0.39, 0.29) is 17.4 Å². The maximum atomic E-state index is 14.0. The number of hydrogen-bond donors (Lipinski definition) is 0. The van der Waals surface area contributed by atoms with Crippen molar-refractivity contribution in [2.45, 2.75) is 19.8 Å². The molecule has 1 heterocycles. The van der Waals surface area contributed by atoms with Gasteiger partial charge < -0.3 is 9.80 Å². The molecule has 19 heavy (non-hydrogen) atoms. The molecule has 0 saturated carbocycles. The minimum absolute atomic E-state index is 0.189. The molecule has 1 aromatic rings. The minimum Gasteiger partial charge on any atom is -0.336 e. The van der Waals surface area contributed by atoms with Crippen LogP contribution in [0.15, 0.2) is 18.2 Å². The summed E-state index contributed by atoms with van der Waals surface area (Å²) in [5, 5.41) is 0. The third-order valence-corrected chi connectivity index (χ3v) is 3.68. The lowest BCUT2D eigenvalue weighted by atomic mass is 10.0. The Labute approximate surface area is 114 Å². The molecule has 0 unspecified atom stereocenters. The first-order valence-electron chi connectivity index (χ1n) is 6.76. The number of amides is 1. The van der Waals surface area contributed by atoms with Gasteiger partial charge in [-0.25, -0.2) is 4.39 Å². The lowest BCUT2D eigenvalue weighted by Crippen LogP contribution is -2.47. The SMILES string of the molecule is CC(C)c1ccc(C(=O)N2CCN(C)CC2)c(F)c1. The molecule has 2 rings (SSSR count). The van der Waals surface area contributed by atoms with Crippen LogP contribution in [0.5, 0.6) is 0 Å². The van der Waals surface area contributed by atoms with Crippen LogP contribution in [0.4, 0.5) is 4.39 Å².